The average molecular weight is 443 g/mol. The van der Waals surface area contributed by atoms with Crippen molar-refractivity contribution in [2.45, 2.75) is 50.7 Å². The summed E-state index contributed by atoms with van der Waals surface area (Å²) in [6, 6.07) is 10.1. The van der Waals surface area contributed by atoms with Gasteiger partial charge in [0.1, 0.15) is 0 Å². The SMILES string of the molecule is Cc1ccc(N(CCC(=O)NC(C)(C)C)S(=O)(=O)c2cccc(C(F)(F)F)c2)cc1. The number of hydrogen-bond donors (Lipinski definition) is 1. The van der Waals surface area contributed by atoms with E-state index in [1.54, 1.807) is 45.0 Å². The Morgan fingerprint density at radius 2 is 1.63 bits per heavy atom. The molecule has 2 rings (SSSR count). The highest BCUT2D eigenvalue weighted by Gasteiger charge is 2.33. The lowest BCUT2D eigenvalue weighted by molar-refractivity contribution is -0.137. The quantitative estimate of drug-likeness (QED) is 0.716. The van der Waals surface area contributed by atoms with Crippen LogP contribution >= 0.6 is 0 Å². The smallest absolute Gasteiger partial charge is 0.351 e. The number of hydrogen-bond acceptors (Lipinski definition) is 3. The van der Waals surface area contributed by atoms with E-state index in [4.69, 9.17) is 0 Å². The van der Waals surface area contributed by atoms with Crippen molar-refractivity contribution < 1.29 is 26.4 Å². The van der Waals surface area contributed by atoms with Gasteiger partial charge in [-0.3, -0.25) is 9.10 Å². The number of carbonyl (C=O) groups is 1. The number of halogens is 3. The Kier molecular flexibility index (Phi) is 6.86. The van der Waals surface area contributed by atoms with Gasteiger partial charge in [0.2, 0.25) is 5.91 Å². The molecule has 0 saturated heterocycles. The Hall–Kier alpha value is -2.55. The highest BCUT2D eigenvalue weighted by atomic mass is 32.2. The molecular weight excluding hydrogens is 417 g/mol. The highest BCUT2D eigenvalue weighted by molar-refractivity contribution is 7.92. The third-order valence-electron chi connectivity index (χ3n) is 4.13. The van der Waals surface area contributed by atoms with Crippen LogP contribution in [-0.2, 0) is 21.0 Å². The molecule has 2 aromatic rings. The van der Waals surface area contributed by atoms with Crippen molar-refractivity contribution in [2.24, 2.45) is 0 Å². The van der Waals surface area contributed by atoms with Gasteiger partial charge in [-0.2, -0.15) is 13.2 Å². The van der Waals surface area contributed by atoms with Crippen LogP contribution in [-0.4, -0.2) is 26.4 Å². The second-order valence-corrected chi connectivity index (χ2v) is 9.85. The highest BCUT2D eigenvalue weighted by Crippen LogP contribution is 2.32. The number of rotatable bonds is 6. The van der Waals surface area contributed by atoms with Gasteiger partial charge in [0.25, 0.3) is 10.0 Å². The zero-order chi connectivity index (χ0) is 22.7. The van der Waals surface area contributed by atoms with Gasteiger partial charge in [0, 0.05) is 18.5 Å². The molecule has 1 N–H and O–H groups in total. The van der Waals surface area contributed by atoms with E-state index in [2.05, 4.69) is 5.32 Å². The molecule has 0 spiro atoms. The minimum atomic E-state index is -4.67. The van der Waals surface area contributed by atoms with Crippen molar-refractivity contribution in [3.8, 4) is 0 Å². The Balaban J connectivity index is 2.43. The molecule has 0 heterocycles. The first-order chi connectivity index (χ1) is 13.7. The van der Waals surface area contributed by atoms with E-state index in [0.717, 1.165) is 28.1 Å². The molecule has 164 valence electrons. The van der Waals surface area contributed by atoms with E-state index in [0.29, 0.717) is 6.07 Å². The molecule has 0 unspecified atom stereocenters. The Labute approximate surface area is 175 Å². The van der Waals surface area contributed by atoms with Crippen LogP contribution in [0.3, 0.4) is 0 Å². The fourth-order valence-corrected chi connectivity index (χ4v) is 4.25. The van der Waals surface area contributed by atoms with Crippen LogP contribution in [0.4, 0.5) is 18.9 Å². The van der Waals surface area contributed by atoms with E-state index in [1.807, 2.05) is 6.92 Å². The molecule has 2 aromatic carbocycles. The summed E-state index contributed by atoms with van der Waals surface area (Å²) in [5, 5.41) is 2.75. The van der Waals surface area contributed by atoms with E-state index in [-0.39, 0.29) is 24.6 Å². The first kappa shape index (κ1) is 23.7. The van der Waals surface area contributed by atoms with Crippen molar-refractivity contribution in [1.29, 1.82) is 0 Å². The zero-order valence-electron chi connectivity index (χ0n) is 17.2. The summed E-state index contributed by atoms with van der Waals surface area (Å²) in [6.45, 7) is 6.99. The molecule has 9 heteroatoms. The predicted octanol–water partition coefficient (Wildman–Crippen LogP) is 4.51. The molecule has 5 nitrogen and oxygen atoms in total. The lowest BCUT2D eigenvalue weighted by Gasteiger charge is -2.26. The maximum atomic E-state index is 13.2. The maximum Gasteiger partial charge on any atom is 0.416 e. The summed E-state index contributed by atoms with van der Waals surface area (Å²) >= 11 is 0. The Bertz CT molecular complexity index is 995. The summed E-state index contributed by atoms with van der Waals surface area (Å²) in [7, 11) is -4.34. The number of anilines is 1. The molecule has 0 aliphatic rings. The normalized spacial score (nSPS) is 12.5. The topological polar surface area (TPSA) is 66.5 Å². The first-order valence-corrected chi connectivity index (χ1v) is 10.7. The number of aryl methyl sites for hydroxylation is 1. The van der Waals surface area contributed by atoms with Gasteiger partial charge in [0.15, 0.2) is 0 Å². The molecule has 0 bridgehead atoms. The molecule has 0 aliphatic carbocycles. The van der Waals surface area contributed by atoms with Crippen LogP contribution in [0.15, 0.2) is 53.4 Å². The maximum absolute atomic E-state index is 13.2. The van der Waals surface area contributed by atoms with E-state index < -0.39 is 32.2 Å². The Morgan fingerprint density at radius 1 is 1.03 bits per heavy atom. The first-order valence-electron chi connectivity index (χ1n) is 9.28. The predicted molar refractivity (Wildman–Crippen MR) is 110 cm³/mol. The minimum absolute atomic E-state index is 0.149. The molecule has 0 aromatic heterocycles. The summed E-state index contributed by atoms with van der Waals surface area (Å²) in [4.78, 5) is 11.7. The van der Waals surface area contributed by atoms with E-state index in [1.165, 1.54) is 0 Å². The molecule has 0 atom stereocenters. The molecule has 0 radical (unpaired) electrons. The molecule has 0 saturated carbocycles. The molecule has 1 amide bonds. The minimum Gasteiger partial charge on any atom is -0.351 e. The van der Waals surface area contributed by atoms with Crippen molar-refractivity contribution in [3.63, 3.8) is 0 Å². The molecule has 0 fully saturated rings. The van der Waals surface area contributed by atoms with Crippen LogP contribution in [0.1, 0.15) is 38.3 Å². The Morgan fingerprint density at radius 3 is 2.17 bits per heavy atom. The summed E-state index contributed by atoms with van der Waals surface area (Å²) in [5.74, 6) is -0.362. The number of benzene rings is 2. The number of alkyl halides is 3. The molecule has 30 heavy (non-hydrogen) atoms. The number of nitrogens with one attached hydrogen (secondary N) is 1. The molecular formula is C21H25F3N2O3S. The lowest BCUT2D eigenvalue weighted by Crippen LogP contribution is -2.42. The lowest BCUT2D eigenvalue weighted by atomic mass is 10.1. The summed E-state index contributed by atoms with van der Waals surface area (Å²) in [5.41, 5.74) is -0.397. The fraction of sp³-hybridized carbons (Fsp3) is 0.381. The second-order valence-electron chi connectivity index (χ2n) is 7.99. The van der Waals surface area contributed by atoms with Crippen molar-refractivity contribution in [1.82, 2.24) is 5.32 Å². The van der Waals surface area contributed by atoms with E-state index >= 15 is 0 Å². The van der Waals surface area contributed by atoms with Gasteiger partial charge in [-0.1, -0.05) is 23.8 Å². The van der Waals surface area contributed by atoms with Crippen LogP contribution in [0.25, 0.3) is 0 Å². The van der Waals surface area contributed by atoms with Gasteiger partial charge < -0.3 is 5.32 Å². The number of nitrogens with zero attached hydrogens (tertiary/aromatic N) is 1. The number of sulfonamides is 1. The van der Waals surface area contributed by atoms with Gasteiger partial charge in [-0.25, -0.2) is 8.42 Å². The van der Waals surface area contributed by atoms with E-state index in [9.17, 15) is 26.4 Å². The standard InChI is InChI=1S/C21H25F3N2O3S/c1-15-8-10-17(11-9-15)26(13-12-19(27)25-20(2,3)4)30(28,29)18-7-5-6-16(14-18)21(22,23)24/h5-11,14H,12-13H2,1-4H3,(H,25,27). The molecule has 0 aliphatic heterocycles. The van der Waals surface area contributed by atoms with Gasteiger partial charge in [-0.15, -0.1) is 0 Å². The largest absolute Gasteiger partial charge is 0.416 e. The van der Waals surface area contributed by atoms with Crippen molar-refractivity contribution in [3.05, 3.63) is 59.7 Å². The van der Waals surface area contributed by atoms with Gasteiger partial charge in [-0.05, 0) is 58.0 Å². The van der Waals surface area contributed by atoms with Gasteiger partial charge in [0.05, 0.1) is 16.1 Å². The fourth-order valence-electron chi connectivity index (χ4n) is 2.74. The van der Waals surface area contributed by atoms with Crippen LogP contribution < -0.4 is 9.62 Å². The zero-order valence-corrected chi connectivity index (χ0v) is 18.1. The van der Waals surface area contributed by atoms with Crippen molar-refractivity contribution >= 4 is 21.6 Å². The van der Waals surface area contributed by atoms with Crippen LogP contribution in [0.5, 0.6) is 0 Å². The van der Waals surface area contributed by atoms with Gasteiger partial charge >= 0.3 is 6.18 Å². The second kappa shape index (κ2) is 8.67. The van der Waals surface area contributed by atoms with Crippen molar-refractivity contribution in [2.75, 3.05) is 10.8 Å². The number of carbonyl (C=O) groups excluding carboxylic acids is 1. The monoisotopic (exact) mass is 442 g/mol. The van der Waals surface area contributed by atoms with Crippen LogP contribution in [0.2, 0.25) is 0 Å². The third-order valence-corrected chi connectivity index (χ3v) is 5.95. The summed E-state index contributed by atoms with van der Waals surface area (Å²) < 4.78 is 66.6. The van der Waals surface area contributed by atoms with Crippen LogP contribution in [0, 0.1) is 6.92 Å². The number of amides is 1. The third kappa shape index (κ3) is 6.22. The average Bonchev–Trinajstić information content (AvgIpc) is 2.61. The summed E-state index contributed by atoms with van der Waals surface area (Å²) in [6.07, 6.45) is -4.82.